The van der Waals surface area contributed by atoms with Crippen LogP contribution in [0.5, 0.6) is 0 Å². The standard InChI is InChI=1S/C16H22FN3O4/c1-10-8-19(9-13(10)18-15(21)24-16(2,3)4)11-5-6-14(20(22)23)12(17)7-11/h5-7,10,13H,8-9H2,1-4H3,(H,18,21)/t10-,13+/m0/s1. The molecule has 2 rings (SSSR count). The molecule has 8 heteroatoms. The van der Waals surface area contributed by atoms with Crippen molar-refractivity contribution in [2.24, 2.45) is 5.92 Å². The Balaban J connectivity index is 2.04. The predicted molar refractivity (Wildman–Crippen MR) is 87.6 cm³/mol. The molecule has 0 bridgehead atoms. The van der Waals surface area contributed by atoms with E-state index in [2.05, 4.69) is 5.32 Å². The van der Waals surface area contributed by atoms with Gasteiger partial charge in [-0.2, -0.15) is 4.39 Å². The number of nitrogens with one attached hydrogen (secondary N) is 1. The first-order valence-corrected chi connectivity index (χ1v) is 7.75. The summed E-state index contributed by atoms with van der Waals surface area (Å²) in [5.74, 6) is -0.732. The Labute approximate surface area is 139 Å². The van der Waals surface area contributed by atoms with Crippen LogP contribution in [0.25, 0.3) is 0 Å². The highest BCUT2D eigenvalue weighted by Crippen LogP contribution is 2.28. The van der Waals surface area contributed by atoms with Crippen molar-refractivity contribution in [1.29, 1.82) is 0 Å². The number of carbonyl (C=O) groups is 1. The molecule has 1 aliphatic rings. The van der Waals surface area contributed by atoms with Crippen molar-refractivity contribution in [2.45, 2.75) is 39.3 Å². The lowest BCUT2D eigenvalue weighted by atomic mass is 10.1. The molecule has 1 aromatic carbocycles. The molecule has 0 unspecified atom stereocenters. The number of nitro benzene ring substituents is 1. The number of nitro groups is 1. The van der Waals surface area contributed by atoms with Gasteiger partial charge in [0, 0.05) is 30.9 Å². The van der Waals surface area contributed by atoms with Gasteiger partial charge in [-0.05, 0) is 32.8 Å². The number of alkyl carbamates (subject to hydrolysis) is 1. The highest BCUT2D eigenvalue weighted by molar-refractivity contribution is 5.68. The van der Waals surface area contributed by atoms with E-state index in [-0.39, 0.29) is 12.0 Å². The molecule has 0 spiro atoms. The van der Waals surface area contributed by atoms with Gasteiger partial charge in [0.05, 0.1) is 11.0 Å². The zero-order valence-electron chi connectivity index (χ0n) is 14.2. The fourth-order valence-corrected chi connectivity index (χ4v) is 2.67. The topological polar surface area (TPSA) is 84.7 Å². The molecular formula is C16H22FN3O4. The molecule has 0 aliphatic carbocycles. The average Bonchev–Trinajstić information content (AvgIpc) is 2.77. The Bertz CT molecular complexity index is 645. The highest BCUT2D eigenvalue weighted by atomic mass is 19.1. The summed E-state index contributed by atoms with van der Waals surface area (Å²) in [6.45, 7) is 8.43. The van der Waals surface area contributed by atoms with E-state index in [4.69, 9.17) is 4.74 Å². The summed E-state index contributed by atoms with van der Waals surface area (Å²) < 4.78 is 19.0. The van der Waals surface area contributed by atoms with E-state index in [0.29, 0.717) is 18.8 Å². The third-order valence-electron chi connectivity index (χ3n) is 3.81. The Morgan fingerprint density at radius 2 is 2.08 bits per heavy atom. The van der Waals surface area contributed by atoms with Crippen molar-refractivity contribution in [2.75, 3.05) is 18.0 Å². The predicted octanol–water partition coefficient (Wildman–Crippen LogP) is 3.08. The van der Waals surface area contributed by atoms with E-state index < -0.39 is 28.1 Å². The second kappa shape index (κ2) is 6.62. The molecular weight excluding hydrogens is 317 g/mol. The van der Waals surface area contributed by atoms with Gasteiger partial charge in [-0.15, -0.1) is 0 Å². The van der Waals surface area contributed by atoms with Gasteiger partial charge < -0.3 is 15.0 Å². The number of nitrogens with zero attached hydrogens (tertiary/aromatic N) is 2. The Kier molecular flexibility index (Phi) is 4.96. The number of anilines is 1. The zero-order chi connectivity index (χ0) is 18.1. The van der Waals surface area contributed by atoms with Crippen LogP contribution in [-0.4, -0.2) is 35.7 Å². The lowest BCUT2D eigenvalue weighted by Gasteiger charge is -2.23. The average molecular weight is 339 g/mol. The van der Waals surface area contributed by atoms with Gasteiger partial charge in [0.1, 0.15) is 5.60 Å². The largest absolute Gasteiger partial charge is 0.444 e. The zero-order valence-corrected chi connectivity index (χ0v) is 14.2. The minimum Gasteiger partial charge on any atom is -0.444 e. The van der Waals surface area contributed by atoms with Crippen molar-refractivity contribution in [3.8, 4) is 0 Å². The third kappa shape index (κ3) is 4.33. The van der Waals surface area contributed by atoms with Crippen LogP contribution in [0.1, 0.15) is 27.7 Å². The molecule has 1 N–H and O–H groups in total. The number of hydrogen-bond donors (Lipinski definition) is 1. The molecule has 0 radical (unpaired) electrons. The van der Waals surface area contributed by atoms with E-state index in [1.807, 2.05) is 11.8 Å². The molecule has 132 valence electrons. The van der Waals surface area contributed by atoms with Crippen molar-refractivity contribution in [1.82, 2.24) is 5.32 Å². The number of halogens is 1. The maximum atomic E-state index is 13.8. The van der Waals surface area contributed by atoms with Crippen molar-refractivity contribution in [3.05, 3.63) is 34.1 Å². The first kappa shape index (κ1) is 18.0. The summed E-state index contributed by atoms with van der Waals surface area (Å²) in [6, 6.07) is 3.69. The van der Waals surface area contributed by atoms with Gasteiger partial charge in [-0.25, -0.2) is 4.79 Å². The lowest BCUT2D eigenvalue weighted by molar-refractivity contribution is -0.387. The first-order valence-electron chi connectivity index (χ1n) is 7.75. The van der Waals surface area contributed by atoms with Crippen LogP contribution in [0, 0.1) is 21.8 Å². The van der Waals surface area contributed by atoms with Crippen LogP contribution in [-0.2, 0) is 4.74 Å². The molecule has 0 aromatic heterocycles. The van der Waals surface area contributed by atoms with Crippen molar-refractivity contribution >= 4 is 17.5 Å². The second-order valence-electron chi connectivity index (χ2n) is 7.03. The number of ether oxygens (including phenoxy) is 1. The van der Waals surface area contributed by atoms with Crippen LogP contribution < -0.4 is 10.2 Å². The third-order valence-corrected chi connectivity index (χ3v) is 3.81. The Morgan fingerprint density at radius 3 is 2.62 bits per heavy atom. The van der Waals surface area contributed by atoms with E-state index in [9.17, 15) is 19.3 Å². The summed E-state index contributed by atoms with van der Waals surface area (Å²) in [4.78, 5) is 23.7. The minimum absolute atomic E-state index is 0.135. The molecule has 2 atom stereocenters. The van der Waals surface area contributed by atoms with Crippen LogP contribution in [0.15, 0.2) is 18.2 Å². The number of hydrogen-bond acceptors (Lipinski definition) is 5. The van der Waals surface area contributed by atoms with Gasteiger partial charge in [0.25, 0.3) is 0 Å². The van der Waals surface area contributed by atoms with Crippen LogP contribution >= 0.6 is 0 Å². The summed E-state index contributed by atoms with van der Waals surface area (Å²) in [5.41, 5.74) is -0.569. The fourth-order valence-electron chi connectivity index (χ4n) is 2.67. The van der Waals surface area contributed by atoms with Crippen molar-refractivity contribution < 1.29 is 18.8 Å². The Morgan fingerprint density at radius 1 is 1.42 bits per heavy atom. The summed E-state index contributed by atoms with van der Waals surface area (Å²) in [6.07, 6.45) is -0.490. The van der Waals surface area contributed by atoms with E-state index in [1.54, 1.807) is 20.8 Å². The normalized spacial score (nSPS) is 20.8. The number of benzene rings is 1. The molecule has 1 saturated heterocycles. The fraction of sp³-hybridized carbons (Fsp3) is 0.562. The van der Waals surface area contributed by atoms with Crippen LogP contribution in [0.4, 0.5) is 20.6 Å². The minimum atomic E-state index is -0.867. The van der Waals surface area contributed by atoms with E-state index >= 15 is 0 Å². The molecule has 1 fully saturated rings. The summed E-state index contributed by atoms with van der Waals surface area (Å²) in [5, 5.41) is 13.5. The molecule has 1 aliphatic heterocycles. The molecule has 1 amide bonds. The highest BCUT2D eigenvalue weighted by Gasteiger charge is 2.32. The number of rotatable bonds is 3. The number of carbonyl (C=O) groups excluding carboxylic acids is 1. The summed E-state index contributed by atoms with van der Waals surface area (Å²) >= 11 is 0. The van der Waals surface area contributed by atoms with Gasteiger partial charge >= 0.3 is 11.8 Å². The molecule has 0 saturated carbocycles. The maximum Gasteiger partial charge on any atom is 0.407 e. The molecule has 7 nitrogen and oxygen atoms in total. The first-order chi connectivity index (χ1) is 11.1. The van der Waals surface area contributed by atoms with Gasteiger partial charge in [-0.1, -0.05) is 6.92 Å². The smallest absolute Gasteiger partial charge is 0.407 e. The lowest BCUT2D eigenvalue weighted by Crippen LogP contribution is -2.42. The van der Waals surface area contributed by atoms with Gasteiger partial charge in [-0.3, -0.25) is 10.1 Å². The van der Waals surface area contributed by atoms with E-state index in [0.717, 1.165) is 12.1 Å². The van der Waals surface area contributed by atoms with Crippen molar-refractivity contribution in [3.63, 3.8) is 0 Å². The van der Waals surface area contributed by atoms with Gasteiger partial charge in [0.2, 0.25) is 5.82 Å². The SMILES string of the molecule is C[C@H]1CN(c2ccc([N+](=O)[O-])c(F)c2)C[C@H]1NC(=O)OC(C)(C)C. The van der Waals surface area contributed by atoms with Crippen LogP contribution in [0.3, 0.4) is 0 Å². The molecule has 1 aromatic rings. The van der Waals surface area contributed by atoms with E-state index in [1.165, 1.54) is 6.07 Å². The Hall–Kier alpha value is -2.38. The second-order valence-corrected chi connectivity index (χ2v) is 7.03. The van der Waals surface area contributed by atoms with Gasteiger partial charge in [0.15, 0.2) is 0 Å². The molecule has 1 heterocycles. The maximum absolute atomic E-state index is 13.8. The van der Waals surface area contributed by atoms with Crippen LogP contribution in [0.2, 0.25) is 0 Å². The quantitative estimate of drug-likeness (QED) is 0.676. The summed E-state index contributed by atoms with van der Waals surface area (Å²) in [7, 11) is 0. The number of amides is 1. The monoisotopic (exact) mass is 339 g/mol. The molecule has 24 heavy (non-hydrogen) atoms.